The smallest absolute Gasteiger partial charge is 0.335 e. The summed E-state index contributed by atoms with van der Waals surface area (Å²) in [5.74, 6) is 0.189. The molecule has 1 aliphatic heterocycles. The van der Waals surface area contributed by atoms with Crippen LogP contribution in [0, 0.1) is 17.8 Å². The summed E-state index contributed by atoms with van der Waals surface area (Å²) in [6.07, 6.45) is -0.521. The van der Waals surface area contributed by atoms with Crippen molar-refractivity contribution in [3.63, 3.8) is 0 Å². The molecule has 2 N–H and O–H groups in total. The lowest BCUT2D eigenvalue weighted by molar-refractivity contribution is -0.148. The Balaban J connectivity index is 1.46. The molecule has 0 spiro atoms. The molecule has 5 nitrogen and oxygen atoms in total. The first-order valence-corrected chi connectivity index (χ1v) is 8.00. The monoisotopic (exact) mass is 328 g/mol. The van der Waals surface area contributed by atoms with Crippen molar-refractivity contribution < 1.29 is 18.0 Å². The zero-order valence-corrected chi connectivity index (χ0v) is 12.6. The van der Waals surface area contributed by atoms with E-state index in [4.69, 9.17) is 5.73 Å². The summed E-state index contributed by atoms with van der Waals surface area (Å²) in [6.45, 7) is 0.665. The van der Waals surface area contributed by atoms with Gasteiger partial charge in [0, 0.05) is 25.0 Å². The summed E-state index contributed by atoms with van der Waals surface area (Å²) >= 11 is 0. The molecule has 1 aromatic heterocycles. The van der Waals surface area contributed by atoms with Crippen LogP contribution < -0.4 is 5.73 Å². The SMILES string of the molecule is N[C@@H]1C[C@@H]2CC(C(=O)N3CCn4c(cnc4C(F)(F)F)C3)C[C@@H]21. The molecule has 2 saturated carbocycles. The highest BCUT2D eigenvalue weighted by Crippen LogP contribution is 2.49. The molecule has 2 fully saturated rings. The molecule has 0 aromatic carbocycles. The molecular weight excluding hydrogens is 309 g/mol. The second kappa shape index (κ2) is 4.96. The van der Waals surface area contributed by atoms with Crippen LogP contribution in [-0.4, -0.2) is 32.9 Å². The Morgan fingerprint density at radius 3 is 2.70 bits per heavy atom. The third kappa shape index (κ3) is 2.34. The highest BCUT2D eigenvalue weighted by molar-refractivity contribution is 5.79. The molecule has 126 valence electrons. The zero-order valence-electron chi connectivity index (χ0n) is 12.6. The van der Waals surface area contributed by atoms with Gasteiger partial charge < -0.3 is 15.2 Å². The van der Waals surface area contributed by atoms with E-state index in [-0.39, 0.29) is 31.0 Å². The van der Waals surface area contributed by atoms with Gasteiger partial charge in [-0.2, -0.15) is 13.2 Å². The average Bonchev–Trinajstić information content (AvgIpc) is 3.06. The number of fused-ring (bicyclic) bond motifs is 2. The lowest BCUT2D eigenvalue weighted by Crippen LogP contribution is -2.44. The molecule has 0 radical (unpaired) electrons. The highest BCUT2D eigenvalue weighted by Gasteiger charge is 2.49. The van der Waals surface area contributed by atoms with Gasteiger partial charge in [0.2, 0.25) is 11.7 Å². The van der Waals surface area contributed by atoms with Gasteiger partial charge in [0.25, 0.3) is 0 Å². The molecular formula is C15H19F3N4O. The standard InChI is InChI=1S/C15H19F3N4O/c16-15(17,18)14-20-6-10-7-21(1-2-22(10)14)13(23)9-3-8-5-12(19)11(8)4-9/h6,8-9,11-12H,1-5,7,19H2/t8-,9?,11-,12+/m0/s1. The van der Waals surface area contributed by atoms with Crippen LogP contribution in [0.2, 0.25) is 0 Å². The number of carbonyl (C=O) groups is 1. The second-order valence-corrected chi connectivity index (χ2v) is 6.97. The first kappa shape index (κ1) is 15.0. The summed E-state index contributed by atoms with van der Waals surface area (Å²) in [6, 6.07) is 0.218. The van der Waals surface area contributed by atoms with Crippen LogP contribution >= 0.6 is 0 Å². The molecule has 4 atom stereocenters. The molecule has 2 aliphatic carbocycles. The van der Waals surface area contributed by atoms with Crippen molar-refractivity contribution >= 4 is 5.91 Å². The van der Waals surface area contributed by atoms with E-state index < -0.39 is 12.0 Å². The van der Waals surface area contributed by atoms with Crippen LogP contribution in [0.4, 0.5) is 13.2 Å². The lowest BCUT2D eigenvalue weighted by Gasteiger charge is -2.37. The topological polar surface area (TPSA) is 64.2 Å². The van der Waals surface area contributed by atoms with Crippen LogP contribution in [-0.2, 0) is 24.1 Å². The Labute approximate surface area is 131 Å². The number of halogens is 3. The number of nitrogens with zero attached hydrogens (tertiary/aromatic N) is 3. The molecule has 1 aromatic rings. The van der Waals surface area contributed by atoms with Crippen LogP contribution in [0.1, 0.15) is 30.8 Å². The van der Waals surface area contributed by atoms with Crippen molar-refractivity contribution in [2.24, 2.45) is 23.5 Å². The summed E-state index contributed by atoms with van der Waals surface area (Å²) in [7, 11) is 0. The minimum atomic E-state index is -4.45. The minimum Gasteiger partial charge on any atom is -0.335 e. The number of rotatable bonds is 1. The molecule has 23 heavy (non-hydrogen) atoms. The van der Waals surface area contributed by atoms with Crippen molar-refractivity contribution in [2.75, 3.05) is 6.54 Å². The number of alkyl halides is 3. The van der Waals surface area contributed by atoms with Gasteiger partial charge in [-0.3, -0.25) is 4.79 Å². The van der Waals surface area contributed by atoms with E-state index in [0.29, 0.717) is 24.1 Å². The largest absolute Gasteiger partial charge is 0.449 e. The average molecular weight is 328 g/mol. The Morgan fingerprint density at radius 1 is 1.26 bits per heavy atom. The van der Waals surface area contributed by atoms with Crippen LogP contribution in [0.25, 0.3) is 0 Å². The molecule has 0 saturated heterocycles. The van der Waals surface area contributed by atoms with E-state index in [1.807, 2.05) is 0 Å². The maximum atomic E-state index is 12.9. The quantitative estimate of drug-likeness (QED) is 0.852. The second-order valence-electron chi connectivity index (χ2n) is 6.97. The van der Waals surface area contributed by atoms with Crippen molar-refractivity contribution in [2.45, 2.75) is 44.6 Å². The third-order valence-electron chi connectivity index (χ3n) is 5.67. The fraction of sp³-hybridized carbons (Fsp3) is 0.733. The minimum absolute atomic E-state index is 0.0184. The Kier molecular flexibility index (Phi) is 3.23. The number of aromatic nitrogens is 2. The van der Waals surface area contributed by atoms with E-state index in [0.717, 1.165) is 19.3 Å². The molecule has 4 rings (SSSR count). The Morgan fingerprint density at radius 2 is 2.04 bits per heavy atom. The van der Waals surface area contributed by atoms with Crippen molar-refractivity contribution in [1.29, 1.82) is 0 Å². The van der Waals surface area contributed by atoms with Crippen LogP contribution in [0.5, 0.6) is 0 Å². The van der Waals surface area contributed by atoms with E-state index in [2.05, 4.69) is 4.98 Å². The van der Waals surface area contributed by atoms with Gasteiger partial charge >= 0.3 is 6.18 Å². The Bertz CT molecular complexity index is 641. The van der Waals surface area contributed by atoms with Crippen LogP contribution in [0.3, 0.4) is 0 Å². The molecule has 3 aliphatic rings. The maximum absolute atomic E-state index is 12.9. The highest BCUT2D eigenvalue weighted by atomic mass is 19.4. The van der Waals surface area contributed by atoms with E-state index in [9.17, 15) is 18.0 Å². The molecule has 1 amide bonds. The number of hydrogen-bond acceptors (Lipinski definition) is 3. The predicted molar refractivity (Wildman–Crippen MR) is 74.9 cm³/mol. The lowest BCUT2D eigenvalue weighted by atomic mass is 9.72. The van der Waals surface area contributed by atoms with Crippen molar-refractivity contribution in [1.82, 2.24) is 14.5 Å². The number of carbonyl (C=O) groups excluding carboxylic acids is 1. The maximum Gasteiger partial charge on any atom is 0.449 e. The number of nitrogens with two attached hydrogens (primary N) is 1. The fourth-order valence-corrected chi connectivity index (χ4v) is 4.44. The van der Waals surface area contributed by atoms with Gasteiger partial charge in [0.1, 0.15) is 0 Å². The zero-order chi connectivity index (χ0) is 16.4. The van der Waals surface area contributed by atoms with Gasteiger partial charge in [-0.1, -0.05) is 0 Å². The van der Waals surface area contributed by atoms with Crippen molar-refractivity contribution in [3.8, 4) is 0 Å². The van der Waals surface area contributed by atoms with E-state index in [1.165, 1.54) is 10.8 Å². The number of hydrogen-bond donors (Lipinski definition) is 1. The van der Waals surface area contributed by atoms with Crippen LogP contribution in [0.15, 0.2) is 6.20 Å². The summed E-state index contributed by atoms with van der Waals surface area (Å²) in [4.78, 5) is 17.8. The summed E-state index contributed by atoms with van der Waals surface area (Å²) in [5, 5.41) is 0. The van der Waals surface area contributed by atoms with E-state index in [1.54, 1.807) is 4.90 Å². The summed E-state index contributed by atoms with van der Waals surface area (Å²) in [5.41, 5.74) is 6.42. The van der Waals surface area contributed by atoms with Gasteiger partial charge in [-0.05, 0) is 31.1 Å². The number of imidazole rings is 1. The Hall–Kier alpha value is -1.57. The van der Waals surface area contributed by atoms with E-state index >= 15 is 0 Å². The molecule has 0 bridgehead atoms. The first-order valence-electron chi connectivity index (χ1n) is 8.00. The van der Waals surface area contributed by atoms with Crippen molar-refractivity contribution in [3.05, 3.63) is 17.7 Å². The van der Waals surface area contributed by atoms with Gasteiger partial charge in [-0.25, -0.2) is 4.98 Å². The predicted octanol–water partition coefficient (Wildman–Crippen LogP) is 1.62. The summed E-state index contributed by atoms with van der Waals surface area (Å²) < 4.78 is 39.8. The molecule has 2 heterocycles. The molecule has 1 unspecified atom stereocenters. The van der Waals surface area contributed by atoms with Gasteiger partial charge in [-0.15, -0.1) is 0 Å². The normalized spacial score (nSPS) is 33.1. The third-order valence-corrected chi connectivity index (χ3v) is 5.67. The first-order chi connectivity index (χ1) is 10.8. The van der Waals surface area contributed by atoms with Gasteiger partial charge in [0.05, 0.1) is 18.4 Å². The molecule has 8 heteroatoms. The number of amides is 1. The fourth-order valence-electron chi connectivity index (χ4n) is 4.44. The van der Waals surface area contributed by atoms with Gasteiger partial charge in [0.15, 0.2) is 0 Å².